The molecule has 1 N–H and O–H groups in total. The van der Waals surface area contributed by atoms with Gasteiger partial charge in [-0.15, -0.1) is 0 Å². The standard InChI is InChI=1S/C12H6Cl2F3NS/c13-7-1-2-9(14)8(5-7)10-3-6(12(15,16)17)4-11(19)18-10/h1-5H,(H,18,19). The highest BCUT2D eigenvalue weighted by Gasteiger charge is 2.31. The lowest BCUT2D eigenvalue weighted by atomic mass is 10.1. The van der Waals surface area contributed by atoms with E-state index in [1.54, 1.807) is 6.07 Å². The van der Waals surface area contributed by atoms with Crippen LogP contribution >= 0.6 is 35.4 Å². The Kier molecular flexibility index (Phi) is 3.90. The molecule has 19 heavy (non-hydrogen) atoms. The van der Waals surface area contributed by atoms with Crippen LogP contribution in [0.5, 0.6) is 0 Å². The van der Waals surface area contributed by atoms with Gasteiger partial charge in [0.25, 0.3) is 0 Å². The summed E-state index contributed by atoms with van der Waals surface area (Å²) >= 11 is 16.6. The molecule has 0 radical (unpaired) electrons. The molecule has 2 rings (SSSR count). The van der Waals surface area contributed by atoms with Crippen molar-refractivity contribution in [2.45, 2.75) is 6.18 Å². The number of aromatic nitrogens is 1. The Hall–Kier alpha value is -1.04. The lowest BCUT2D eigenvalue weighted by Crippen LogP contribution is -2.05. The lowest BCUT2D eigenvalue weighted by Gasteiger charge is -2.10. The van der Waals surface area contributed by atoms with Gasteiger partial charge in [0.05, 0.1) is 5.56 Å². The minimum Gasteiger partial charge on any atom is -0.346 e. The molecule has 1 heterocycles. The van der Waals surface area contributed by atoms with Crippen molar-refractivity contribution in [1.29, 1.82) is 0 Å². The summed E-state index contributed by atoms with van der Waals surface area (Å²) in [6, 6.07) is 6.35. The van der Waals surface area contributed by atoms with E-state index in [4.69, 9.17) is 35.4 Å². The number of nitrogens with one attached hydrogen (secondary N) is 1. The number of H-pyrrole nitrogens is 1. The van der Waals surface area contributed by atoms with E-state index in [1.165, 1.54) is 12.1 Å². The van der Waals surface area contributed by atoms with Crippen LogP contribution in [-0.2, 0) is 6.18 Å². The zero-order chi connectivity index (χ0) is 14.2. The highest BCUT2D eigenvalue weighted by atomic mass is 35.5. The Morgan fingerprint density at radius 3 is 2.37 bits per heavy atom. The van der Waals surface area contributed by atoms with Crippen molar-refractivity contribution in [2.75, 3.05) is 0 Å². The molecule has 0 unspecified atom stereocenters. The average Bonchev–Trinajstić information content (AvgIpc) is 2.30. The minimum atomic E-state index is -4.47. The van der Waals surface area contributed by atoms with Crippen LogP contribution in [0.1, 0.15) is 5.56 Å². The third kappa shape index (κ3) is 3.29. The fourth-order valence-electron chi connectivity index (χ4n) is 1.56. The van der Waals surface area contributed by atoms with Crippen molar-refractivity contribution in [3.8, 4) is 11.3 Å². The first kappa shape index (κ1) is 14.4. The summed E-state index contributed by atoms with van der Waals surface area (Å²) in [6.07, 6.45) is -4.47. The number of hydrogen-bond donors (Lipinski definition) is 1. The Bertz CT molecular complexity index is 679. The van der Waals surface area contributed by atoms with Gasteiger partial charge in [-0.1, -0.05) is 35.4 Å². The van der Waals surface area contributed by atoms with E-state index in [0.29, 0.717) is 10.6 Å². The van der Waals surface area contributed by atoms with Crippen molar-refractivity contribution >= 4 is 35.4 Å². The quantitative estimate of drug-likeness (QED) is 0.662. The molecule has 0 amide bonds. The first-order valence-corrected chi connectivity index (χ1v) is 6.21. The topological polar surface area (TPSA) is 15.8 Å². The van der Waals surface area contributed by atoms with E-state index in [1.807, 2.05) is 0 Å². The van der Waals surface area contributed by atoms with Crippen molar-refractivity contribution in [2.24, 2.45) is 0 Å². The Morgan fingerprint density at radius 1 is 1.05 bits per heavy atom. The molecule has 0 aliphatic heterocycles. The molecular weight excluding hydrogens is 318 g/mol. The summed E-state index contributed by atoms with van der Waals surface area (Å²) in [5, 5.41) is 0.658. The fraction of sp³-hybridized carbons (Fsp3) is 0.0833. The van der Waals surface area contributed by atoms with Crippen LogP contribution < -0.4 is 0 Å². The van der Waals surface area contributed by atoms with Gasteiger partial charge >= 0.3 is 6.18 Å². The van der Waals surface area contributed by atoms with Crippen molar-refractivity contribution in [1.82, 2.24) is 4.98 Å². The van der Waals surface area contributed by atoms with Gasteiger partial charge in [-0.3, -0.25) is 0 Å². The summed E-state index contributed by atoms with van der Waals surface area (Å²) in [4.78, 5) is 2.68. The molecule has 2 aromatic rings. The van der Waals surface area contributed by atoms with Gasteiger partial charge in [-0.2, -0.15) is 13.2 Å². The summed E-state index contributed by atoms with van der Waals surface area (Å²) in [7, 11) is 0. The molecular formula is C12H6Cl2F3NS. The molecule has 0 aliphatic rings. The average molecular weight is 324 g/mol. The molecule has 0 aliphatic carbocycles. The zero-order valence-electron chi connectivity index (χ0n) is 9.18. The van der Waals surface area contributed by atoms with E-state index in [2.05, 4.69) is 4.98 Å². The van der Waals surface area contributed by atoms with E-state index >= 15 is 0 Å². The third-order valence-corrected chi connectivity index (χ3v) is 3.17. The predicted molar refractivity (Wildman–Crippen MR) is 72.1 cm³/mol. The maximum atomic E-state index is 12.7. The highest BCUT2D eigenvalue weighted by molar-refractivity contribution is 7.71. The van der Waals surface area contributed by atoms with Gasteiger partial charge in [0.15, 0.2) is 0 Å². The molecule has 0 atom stereocenters. The van der Waals surface area contributed by atoms with Crippen LogP contribution in [0.15, 0.2) is 30.3 Å². The molecule has 7 heteroatoms. The normalized spacial score (nSPS) is 11.6. The number of aromatic amines is 1. The van der Waals surface area contributed by atoms with Crippen LogP contribution in [0.3, 0.4) is 0 Å². The second-order valence-corrected chi connectivity index (χ2v) is 5.05. The van der Waals surface area contributed by atoms with Gasteiger partial charge < -0.3 is 4.98 Å². The van der Waals surface area contributed by atoms with Gasteiger partial charge in [0.2, 0.25) is 0 Å². The van der Waals surface area contributed by atoms with Gasteiger partial charge in [-0.25, -0.2) is 0 Å². The number of hydrogen-bond acceptors (Lipinski definition) is 1. The summed E-state index contributed by atoms with van der Waals surface area (Å²) in [6.45, 7) is 0. The maximum Gasteiger partial charge on any atom is 0.416 e. The Balaban J connectivity index is 2.66. The predicted octanol–water partition coefficient (Wildman–Crippen LogP) is 5.74. The van der Waals surface area contributed by atoms with E-state index < -0.39 is 11.7 Å². The Labute approximate surface area is 122 Å². The summed E-state index contributed by atoms with van der Waals surface area (Å²) in [5.41, 5.74) is -0.291. The number of rotatable bonds is 1. The fourth-order valence-corrected chi connectivity index (χ4v) is 2.18. The van der Waals surface area contributed by atoms with Crippen LogP contribution in [-0.4, -0.2) is 4.98 Å². The second kappa shape index (κ2) is 5.15. The van der Waals surface area contributed by atoms with E-state index in [0.717, 1.165) is 12.1 Å². The molecule has 0 bridgehead atoms. The lowest BCUT2D eigenvalue weighted by molar-refractivity contribution is -0.137. The number of pyridine rings is 1. The second-order valence-electron chi connectivity index (χ2n) is 3.77. The molecule has 1 aromatic heterocycles. The van der Waals surface area contributed by atoms with Crippen LogP contribution in [0, 0.1) is 4.64 Å². The molecule has 0 spiro atoms. The van der Waals surface area contributed by atoms with Crippen molar-refractivity contribution in [3.05, 3.63) is 50.6 Å². The molecule has 1 aromatic carbocycles. The van der Waals surface area contributed by atoms with E-state index in [-0.39, 0.29) is 15.4 Å². The molecule has 0 fully saturated rings. The van der Waals surface area contributed by atoms with Crippen molar-refractivity contribution in [3.63, 3.8) is 0 Å². The molecule has 100 valence electrons. The van der Waals surface area contributed by atoms with Gasteiger partial charge in [-0.05, 0) is 30.3 Å². The zero-order valence-corrected chi connectivity index (χ0v) is 11.5. The van der Waals surface area contributed by atoms with Gasteiger partial charge in [0, 0.05) is 21.3 Å². The summed E-state index contributed by atoms with van der Waals surface area (Å²) in [5.74, 6) is 0. The largest absolute Gasteiger partial charge is 0.416 e. The van der Waals surface area contributed by atoms with Crippen LogP contribution in [0.4, 0.5) is 13.2 Å². The van der Waals surface area contributed by atoms with Crippen LogP contribution in [0.25, 0.3) is 11.3 Å². The SMILES string of the molecule is FC(F)(F)c1cc(-c2cc(Cl)ccc2Cl)[nH]c(=S)c1. The van der Waals surface area contributed by atoms with Gasteiger partial charge in [0.1, 0.15) is 4.64 Å². The summed E-state index contributed by atoms with van der Waals surface area (Å²) < 4.78 is 38.1. The monoisotopic (exact) mass is 323 g/mol. The van der Waals surface area contributed by atoms with E-state index in [9.17, 15) is 13.2 Å². The van der Waals surface area contributed by atoms with Crippen LogP contribution in [0.2, 0.25) is 10.0 Å². The molecule has 1 nitrogen and oxygen atoms in total. The molecule has 0 saturated carbocycles. The maximum absolute atomic E-state index is 12.7. The third-order valence-electron chi connectivity index (χ3n) is 2.39. The Morgan fingerprint density at radius 2 is 1.74 bits per heavy atom. The number of benzene rings is 1. The smallest absolute Gasteiger partial charge is 0.346 e. The number of halogens is 5. The number of alkyl halides is 3. The minimum absolute atomic E-state index is 0.0270. The molecule has 0 saturated heterocycles. The highest BCUT2D eigenvalue weighted by Crippen LogP contribution is 2.34. The first-order valence-electron chi connectivity index (χ1n) is 5.04. The van der Waals surface area contributed by atoms with Crippen molar-refractivity contribution < 1.29 is 13.2 Å². The first-order chi connectivity index (χ1) is 8.77.